The molecule has 0 saturated heterocycles. The molecular weight excluding hydrogens is 165 g/mol. The highest BCUT2D eigenvalue weighted by molar-refractivity contribution is 7.34. The maximum Gasteiger partial charge on any atom is 0.269 e. The highest BCUT2D eigenvalue weighted by atomic mass is 31.1. The van der Waals surface area contributed by atoms with Crippen LogP contribution in [0.4, 0.5) is 5.69 Å². The van der Waals surface area contributed by atoms with E-state index in [1.165, 1.54) is 24.3 Å². The minimum Gasteiger partial charge on any atom is -0.269 e. The third-order valence-electron chi connectivity index (χ3n) is 1.17. The van der Waals surface area contributed by atoms with Crippen molar-refractivity contribution >= 4 is 19.5 Å². The summed E-state index contributed by atoms with van der Waals surface area (Å²) in [4.78, 5) is 9.63. The van der Waals surface area contributed by atoms with Crippen molar-refractivity contribution in [3.05, 3.63) is 34.4 Å². The van der Waals surface area contributed by atoms with E-state index < -0.39 is 4.92 Å². The van der Waals surface area contributed by atoms with E-state index in [-0.39, 0.29) is 14.1 Å². The van der Waals surface area contributed by atoms with Crippen LogP contribution in [0.15, 0.2) is 24.3 Å². The molecule has 11 heavy (non-hydrogen) atoms. The van der Waals surface area contributed by atoms with Crippen molar-refractivity contribution in [2.45, 2.75) is 0 Å². The van der Waals surface area contributed by atoms with Gasteiger partial charge in [0.1, 0.15) is 0 Å². The zero-order valence-electron chi connectivity index (χ0n) is 5.43. The molecule has 0 aliphatic carbocycles. The Hall–Kier alpha value is -1.28. The quantitative estimate of drug-likeness (QED) is 0.383. The summed E-state index contributed by atoms with van der Waals surface area (Å²) in [5, 5.41) is 10.7. The van der Waals surface area contributed by atoms with Crippen LogP contribution in [0, 0.1) is 10.1 Å². The third-order valence-corrected chi connectivity index (χ3v) is 1.67. The predicted molar refractivity (Wildman–Crippen MR) is 40.3 cm³/mol. The van der Waals surface area contributed by atoms with Gasteiger partial charge in [-0.2, -0.15) is 0 Å². The minimum absolute atomic E-state index is 0.0115. The van der Waals surface area contributed by atoms with Gasteiger partial charge in [0.25, 0.3) is 5.69 Å². The molecule has 1 aromatic rings. The van der Waals surface area contributed by atoms with Crippen LogP contribution in [-0.4, -0.2) is 4.92 Å². The van der Waals surface area contributed by atoms with E-state index in [1.807, 2.05) is 0 Å². The Balaban J connectivity index is 3.00. The van der Waals surface area contributed by atoms with Crippen LogP contribution in [0.3, 0.4) is 0 Å². The van der Waals surface area contributed by atoms with Gasteiger partial charge in [-0.05, 0) is 12.1 Å². The molecule has 0 unspecified atom stereocenters. The Morgan fingerprint density at radius 3 is 2.18 bits per heavy atom. The summed E-state index contributed by atoms with van der Waals surface area (Å²) in [5.74, 6) is 0. The number of hydrogen-bond acceptors (Lipinski definition) is 3. The molecule has 0 fully saturated rings. The number of nitro groups is 1. The van der Waals surface area contributed by atoms with Gasteiger partial charge < -0.3 is 0 Å². The Morgan fingerprint density at radius 1 is 1.27 bits per heavy atom. The molecule has 4 nitrogen and oxygen atoms in total. The van der Waals surface area contributed by atoms with Crippen LogP contribution in [0.5, 0.6) is 0 Å². The topological polar surface area (TPSA) is 60.2 Å². The first kappa shape index (κ1) is 7.82. The maximum absolute atomic E-state index is 10.2. The molecular formula is C6H4NO3P. The molecule has 0 saturated carbocycles. The van der Waals surface area contributed by atoms with Crippen molar-refractivity contribution < 1.29 is 9.49 Å². The number of nitrogens with zero attached hydrogens (tertiary/aromatic N) is 1. The average molecular weight is 169 g/mol. The zero-order valence-corrected chi connectivity index (χ0v) is 6.32. The largest absolute Gasteiger partial charge is 0.269 e. The molecule has 0 spiro atoms. The predicted octanol–water partition coefficient (Wildman–Crippen LogP) is 1.51. The fraction of sp³-hybridized carbons (Fsp3) is 0. The fourth-order valence-electron chi connectivity index (χ4n) is 0.635. The standard InChI is InChI=1S/C6H4NO3P/c8-7(9)5-1-3-6(11-10)4-2-5/h1-4H. The Bertz CT molecular complexity index is 282. The van der Waals surface area contributed by atoms with Gasteiger partial charge in [0.2, 0.25) is 0 Å². The van der Waals surface area contributed by atoms with Crippen molar-refractivity contribution in [1.29, 1.82) is 0 Å². The van der Waals surface area contributed by atoms with Crippen molar-refractivity contribution in [2.24, 2.45) is 0 Å². The van der Waals surface area contributed by atoms with Gasteiger partial charge in [0.15, 0.2) is 8.46 Å². The van der Waals surface area contributed by atoms with Gasteiger partial charge >= 0.3 is 0 Å². The molecule has 0 N–H and O–H groups in total. The van der Waals surface area contributed by atoms with E-state index in [2.05, 4.69) is 0 Å². The number of nitro benzene ring substituents is 1. The first-order chi connectivity index (χ1) is 5.24. The highest BCUT2D eigenvalue weighted by Crippen LogP contribution is 2.08. The Kier molecular flexibility index (Phi) is 2.28. The van der Waals surface area contributed by atoms with Gasteiger partial charge in [0, 0.05) is 17.4 Å². The first-order valence-electron chi connectivity index (χ1n) is 2.82. The van der Waals surface area contributed by atoms with Crippen LogP contribution in [0.25, 0.3) is 0 Å². The molecule has 0 amide bonds. The molecule has 0 bridgehead atoms. The lowest BCUT2D eigenvalue weighted by Gasteiger charge is -1.88. The second kappa shape index (κ2) is 3.21. The van der Waals surface area contributed by atoms with Crippen LogP contribution in [-0.2, 0) is 4.57 Å². The van der Waals surface area contributed by atoms with Crippen LogP contribution in [0.1, 0.15) is 0 Å². The first-order valence-corrected chi connectivity index (χ1v) is 3.63. The summed E-state index contributed by atoms with van der Waals surface area (Å²) in [5.41, 5.74) is 0.0115. The molecule has 1 aromatic carbocycles. The van der Waals surface area contributed by atoms with E-state index in [4.69, 9.17) is 0 Å². The monoisotopic (exact) mass is 169 g/mol. The molecule has 0 aromatic heterocycles. The Morgan fingerprint density at radius 2 is 1.82 bits per heavy atom. The maximum atomic E-state index is 10.2. The van der Waals surface area contributed by atoms with Gasteiger partial charge in [-0.1, -0.05) is 0 Å². The SMILES string of the molecule is O=Pc1ccc([N+](=O)[O-])cc1. The van der Waals surface area contributed by atoms with E-state index >= 15 is 0 Å². The molecule has 5 heteroatoms. The molecule has 56 valence electrons. The van der Waals surface area contributed by atoms with Gasteiger partial charge in [-0.15, -0.1) is 0 Å². The van der Waals surface area contributed by atoms with Crippen molar-refractivity contribution in [1.82, 2.24) is 0 Å². The normalized spacial score (nSPS) is 9.82. The summed E-state index contributed by atoms with van der Waals surface area (Å²) in [7, 11) is -0.118. The lowest BCUT2D eigenvalue weighted by atomic mass is 10.3. The highest BCUT2D eigenvalue weighted by Gasteiger charge is 2.02. The van der Waals surface area contributed by atoms with Crippen LogP contribution in [0.2, 0.25) is 0 Å². The molecule has 0 atom stereocenters. The summed E-state index contributed by atoms with van der Waals surface area (Å²) in [6.45, 7) is 0. The fourth-order valence-corrected chi connectivity index (χ4v) is 0.906. The number of benzene rings is 1. The van der Waals surface area contributed by atoms with E-state index in [0.29, 0.717) is 5.30 Å². The van der Waals surface area contributed by atoms with Crippen molar-refractivity contribution in [2.75, 3.05) is 0 Å². The smallest absolute Gasteiger partial charge is 0.269 e. The summed E-state index contributed by atoms with van der Waals surface area (Å²) in [6.07, 6.45) is 0. The molecule has 0 heterocycles. The van der Waals surface area contributed by atoms with E-state index in [0.717, 1.165) is 0 Å². The number of hydrogen-bond donors (Lipinski definition) is 0. The lowest BCUT2D eigenvalue weighted by Crippen LogP contribution is -1.92. The average Bonchev–Trinajstić information content (AvgIpc) is 2.05. The zero-order chi connectivity index (χ0) is 8.27. The van der Waals surface area contributed by atoms with Gasteiger partial charge in [0.05, 0.1) is 4.92 Å². The van der Waals surface area contributed by atoms with Crippen LogP contribution >= 0.6 is 8.46 Å². The van der Waals surface area contributed by atoms with E-state index in [1.54, 1.807) is 0 Å². The minimum atomic E-state index is -0.495. The molecule has 1 rings (SSSR count). The lowest BCUT2D eigenvalue weighted by molar-refractivity contribution is -0.384. The summed E-state index contributed by atoms with van der Waals surface area (Å²) < 4.78 is 10.2. The van der Waals surface area contributed by atoms with Gasteiger partial charge in [-0.25, -0.2) is 0 Å². The molecule has 0 aliphatic heterocycles. The van der Waals surface area contributed by atoms with Crippen molar-refractivity contribution in [3.63, 3.8) is 0 Å². The Labute approximate surface area is 64.2 Å². The summed E-state index contributed by atoms with van der Waals surface area (Å²) >= 11 is 0. The second-order valence-electron chi connectivity index (χ2n) is 1.86. The molecule has 0 aliphatic rings. The number of rotatable bonds is 2. The summed E-state index contributed by atoms with van der Waals surface area (Å²) in [6, 6.07) is 5.54. The number of non-ortho nitro benzene ring substituents is 1. The van der Waals surface area contributed by atoms with E-state index in [9.17, 15) is 14.7 Å². The van der Waals surface area contributed by atoms with Crippen LogP contribution < -0.4 is 5.30 Å². The van der Waals surface area contributed by atoms with Gasteiger partial charge in [-0.3, -0.25) is 14.7 Å². The van der Waals surface area contributed by atoms with Crippen molar-refractivity contribution in [3.8, 4) is 0 Å². The second-order valence-corrected chi connectivity index (χ2v) is 2.56. The third kappa shape index (κ3) is 1.82. The molecule has 0 radical (unpaired) electrons.